The maximum Gasteiger partial charge on any atom is 0.321 e. The van der Waals surface area contributed by atoms with E-state index < -0.39 is 12.0 Å². The van der Waals surface area contributed by atoms with Crippen LogP contribution in [0.15, 0.2) is 22.7 Å². The predicted molar refractivity (Wildman–Crippen MR) is 80.4 cm³/mol. The van der Waals surface area contributed by atoms with Crippen molar-refractivity contribution in [1.29, 1.82) is 0 Å². The monoisotopic (exact) mass is 346 g/mol. The number of thioether (sulfide) groups is 1. The van der Waals surface area contributed by atoms with Crippen LogP contribution in [0.3, 0.4) is 0 Å². The summed E-state index contributed by atoms with van der Waals surface area (Å²) >= 11 is 4.55. The number of nitrogens with one attached hydrogen (secondary N) is 1. The predicted octanol–water partition coefficient (Wildman–Crippen LogP) is 1.84. The molecule has 0 radical (unpaired) electrons. The molecule has 0 spiro atoms. The Labute approximate surface area is 124 Å². The third-order valence-electron chi connectivity index (χ3n) is 2.31. The van der Waals surface area contributed by atoms with Gasteiger partial charge < -0.3 is 16.2 Å². The molecule has 1 rings (SSSR count). The number of rotatable bonds is 6. The normalized spacial score (nSPS) is 11.9. The molecular formula is C12H15BrN2O3S. The molecule has 4 N–H and O–H groups in total. The molecule has 1 aromatic rings. The summed E-state index contributed by atoms with van der Waals surface area (Å²) in [6.07, 6.45) is 0. The van der Waals surface area contributed by atoms with Crippen LogP contribution in [0, 0.1) is 6.92 Å². The molecule has 7 heteroatoms. The van der Waals surface area contributed by atoms with E-state index in [2.05, 4.69) is 21.2 Å². The van der Waals surface area contributed by atoms with E-state index in [-0.39, 0.29) is 17.4 Å². The molecule has 1 amide bonds. The quantitative estimate of drug-likeness (QED) is 0.730. The molecule has 19 heavy (non-hydrogen) atoms. The number of benzene rings is 1. The van der Waals surface area contributed by atoms with Gasteiger partial charge in [0.1, 0.15) is 6.04 Å². The molecule has 0 fully saturated rings. The van der Waals surface area contributed by atoms with Crippen molar-refractivity contribution in [2.75, 3.05) is 16.8 Å². The number of carboxylic acids is 1. The molecular weight excluding hydrogens is 332 g/mol. The molecule has 0 aliphatic rings. The number of hydrogen-bond donors (Lipinski definition) is 3. The summed E-state index contributed by atoms with van der Waals surface area (Å²) in [7, 11) is 0. The first-order valence-corrected chi connectivity index (χ1v) is 7.47. The first-order valence-electron chi connectivity index (χ1n) is 5.52. The second-order valence-electron chi connectivity index (χ2n) is 3.97. The number of halogens is 1. The smallest absolute Gasteiger partial charge is 0.321 e. The van der Waals surface area contributed by atoms with Crippen LogP contribution < -0.4 is 11.1 Å². The highest BCUT2D eigenvalue weighted by Crippen LogP contribution is 2.20. The van der Waals surface area contributed by atoms with Crippen LogP contribution in [0.25, 0.3) is 0 Å². The van der Waals surface area contributed by atoms with Crippen molar-refractivity contribution in [2.24, 2.45) is 5.73 Å². The zero-order valence-corrected chi connectivity index (χ0v) is 12.8. The highest BCUT2D eigenvalue weighted by molar-refractivity contribution is 9.10. The second kappa shape index (κ2) is 7.52. The molecule has 0 unspecified atom stereocenters. The van der Waals surface area contributed by atoms with Gasteiger partial charge in [-0.2, -0.15) is 0 Å². The van der Waals surface area contributed by atoms with Gasteiger partial charge in [-0.1, -0.05) is 15.9 Å². The fourth-order valence-electron chi connectivity index (χ4n) is 1.30. The lowest BCUT2D eigenvalue weighted by atomic mass is 10.2. The highest BCUT2D eigenvalue weighted by atomic mass is 79.9. The number of aliphatic carboxylic acids is 1. The lowest BCUT2D eigenvalue weighted by Crippen LogP contribution is -2.33. The first-order chi connectivity index (χ1) is 8.90. The molecule has 5 nitrogen and oxygen atoms in total. The highest BCUT2D eigenvalue weighted by Gasteiger charge is 2.12. The molecule has 104 valence electrons. The van der Waals surface area contributed by atoms with E-state index in [1.54, 1.807) is 0 Å². The minimum atomic E-state index is -1.06. The largest absolute Gasteiger partial charge is 0.480 e. The SMILES string of the molecule is Cc1cc(Br)ccc1NC(=O)CSC[C@@H](N)C(=O)O. The van der Waals surface area contributed by atoms with Gasteiger partial charge in [0.05, 0.1) is 5.75 Å². The van der Waals surface area contributed by atoms with E-state index in [4.69, 9.17) is 10.8 Å². The molecule has 0 saturated carbocycles. The zero-order chi connectivity index (χ0) is 14.4. The van der Waals surface area contributed by atoms with Gasteiger partial charge in [-0.05, 0) is 30.7 Å². The maximum atomic E-state index is 11.7. The van der Waals surface area contributed by atoms with E-state index in [9.17, 15) is 9.59 Å². The Bertz CT molecular complexity index is 482. The summed E-state index contributed by atoms with van der Waals surface area (Å²) in [6.45, 7) is 1.90. The van der Waals surface area contributed by atoms with E-state index in [0.717, 1.165) is 15.7 Å². The van der Waals surface area contributed by atoms with Crippen LogP contribution >= 0.6 is 27.7 Å². The lowest BCUT2D eigenvalue weighted by molar-refractivity contribution is -0.137. The summed E-state index contributed by atoms with van der Waals surface area (Å²) in [5.74, 6) is -0.844. The second-order valence-corrected chi connectivity index (χ2v) is 5.91. The van der Waals surface area contributed by atoms with Crippen LogP contribution in [0.2, 0.25) is 0 Å². The fourth-order valence-corrected chi connectivity index (χ4v) is 2.55. The average Bonchev–Trinajstić information content (AvgIpc) is 2.32. The zero-order valence-electron chi connectivity index (χ0n) is 10.4. The van der Waals surface area contributed by atoms with Crippen molar-refractivity contribution >= 4 is 45.3 Å². The minimum Gasteiger partial charge on any atom is -0.480 e. The van der Waals surface area contributed by atoms with E-state index >= 15 is 0 Å². The Hall–Kier alpha value is -1.05. The van der Waals surface area contributed by atoms with E-state index in [1.165, 1.54) is 11.8 Å². The van der Waals surface area contributed by atoms with Gasteiger partial charge in [0.25, 0.3) is 0 Å². The van der Waals surface area contributed by atoms with Gasteiger partial charge in [-0.3, -0.25) is 9.59 Å². The summed E-state index contributed by atoms with van der Waals surface area (Å²) in [4.78, 5) is 22.2. The number of anilines is 1. The van der Waals surface area contributed by atoms with Crippen LogP contribution in [0.1, 0.15) is 5.56 Å². The van der Waals surface area contributed by atoms with Gasteiger partial charge in [-0.25, -0.2) is 0 Å². The van der Waals surface area contributed by atoms with Crippen molar-refractivity contribution in [1.82, 2.24) is 0 Å². The Morgan fingerprint density at radius 1 is 1.53 bits per heavy atom. The minimum absolute atomic E-state index is 0.173. The van der Waals surface area contributed by atoms with Gasteiger partial charge in [0.15, 0.2) is 0 Å². The summed E-state index contributed by atoms with van der Waals surface area (Å²) < 4.78 is 0.949. The molecule has 1 aromatic carbocycles. The van der Waals surface area contributed by atoms with Crippen LogP contribution in [-0.4, -0.2) is 34.5 Å². The van der Waals surface area contributed by atoms with Crippen molar-refractivity contribution < 1.29 is 14.7 Å². The Kier molecular flexibility index (Phi) is 6.33. The molecule has 0 aliphatic carbocycles. The number of carbonyl (C=O) groups is 2. The van der Waals surface area contributed by atoms with Crippen LogP contribution in [0.5, 0.6) is 0 Å². The topological polar surface area (TPSA) is 92.4 Å². The van der Waals surface area contributed by atoms with E-state index in [1.807, 2.05) is 25.1 Å². The maximum absolute atomic E-state index is 11.7. The van der Waals surface area contributed by atoms with Crippen molar-refractivity contribution in [3.8, 4) is 0 Å². The van der Waals surface area contributed by atoms with Gasteiger partial charge in [-0.15, -0.1) is 11.8 Å². The Balaban J connectivity index is 2.41. The molecule has 0 saturated heterocycles. The number of carbonyl (C=O) groups excluding carboxylic acids is 1. The fraction of sp³-hybridized carbons (Fsp3) is 0.333. The van der Waals surface area contributed by atoms with Gasteiger partial charge in [0.2, 0.25) is 5.91 Å². The number of hydrogen-bond acceptors (Lipinski definition) is 4. The Morgan fingerprint density at radius 2 is 2.21 bits per heavy atom. The van der Waals surface area contributed by atoms with Crippen LogP contribution in [0.4, 0.5) is 5.69 Å². The Morgan fingerprint density at radius 3 is 2.79 bits per heavy atom. The van der Waals surface area contributed by atoms with Crippen molar-refractivity contribution in [3.63, 3.8) is 0 Å². The van der Waals surface area contributed by atoms with Crippen LogP contribution in [-0.2, 0) is 9.59 Å². The average molecular weight is 347 g/mol. The third kappa shape index (κ3) is 5.63. The summed E-state index contributed by atoms with van der Waals surface area (Å²) in [5, 5.41) is 11.4. The molecule has 1 atom stereocenters. The van der Waals surface area contributed by atoms with Crippen molar-refractivity contribution in [3.05, 3.63) is 28.2 Å². The van der Waals surface area contributed by atoms with Crippen molar-refractivity contribution in [2.45, 2.75) is 13.0 Å². The number of nitrogens with two attached hydrogens (primary N) is 1. The third-order valence-corrected chi connectivity index (χ3v) is 3.86. The molecule has 0 aromatic heterocycles. The molecule has 0 aliphatic heterocycles. The van der Waals surface area contributed by atoms with E-state index in [0.29, 0.717) is 0 Å². The standard InChI is InChI=1S/C12H15BrN2O3S/c1-7-4-8(13)2-3-10(7)15-11(16)6-19-5-9(14)12(17)18/h2-4,9H,5-6,14H2,1H3,(H,15,16)(H,17,18)/t9-/m1/s1. The first kappa shape index (κ1) is 16.0. The summed E-state index contributed by atoms with van der Waals surface area (Å²) in [6, 6.07) is 4.62. The lowest BCUT2D eigenvalue weighted by Gasteiger charge is -2.09. The van der Waals surface area contributed by atoms with Gasteiger partial charge in [0, 0.05) is 15.9 Å². The number of amides is 1. The number of aryl methyl sites for hydroxylation is 1. The van der Waals surface area contributed by atoms with Gasteiger partial charge >= 0.3 is 5.97 Å². The molecule has 0 heterocycles. The summed E-state index contributed by atoms with van der Waals surface area (Å²) in [5.41, 5.74) is 7.04. The molecule has 0 bridgehead atoms. The number of carboxylic acid groups (broad SMARTS) is 1.